The van der Waals surface area contributed by atoms with Crippen LogP contribution in [0.5, 0.6) is 0 Å². The van der Waals surface area contributed by atoms with E-state index in [2.05, 4.69) is 10.3 Å². The summed E-state index contributed by atoms with van der Waals surface area (Å²) in [4.78, 5) is 26.3. The van der Waals surface area contributed by atoms with Gasteiger partial charge in [-0.05, 0) is 25.0 Å². The van der Waals surface area contributed by atoms with Crippen molar-refractivity contribution in [3.05, 3.63) is 23.4 Å². The van der Waals surface area contributed by atoms with Gasteiger partial charge in [0.25, 0.3) is 0 Å². The second-order valence-electron chi connectivity index (χ2n) is 4.46. The van der Waals surface area contributed by atoms with Crippen molar-refractivity contribution in [2.45, 2.75) is 26.8 Å². The van der Waals surface area contributed by atoms with Crippen LogP contribution in [0.15, 0.2) is 12.1 Å². The molecule has 0 aromatic carbocycles. The number of hydrogen-bond acceptors (Lipinski definition) is 4. The summed E-state index contributed by atoms with van der Waals surface area (Å²) in [5, 5.41) is 11.8. The zero-order valence-electron chi connectivity index (χ0n) is 10.6. The highest BCUT2D eigenvalue weighted by molar-refractivity contribution is 5.89. The fourth-order valence-electron chi connectivity index (χ4n) is 1.59. The van der Waals surface area contributed by atoms with Crippen LogP contribution in [0.3, 0.4) is 0 Å². The van der Waals surface area contributed by atoms with E-state index in [1.54, 1.807) is 6.92 Å². The van der Waals surface area contributed by atoms with Crippen molar-refractivity contribution in [2.24, 2.45) is 11.7 Å². The standard InChI is InChI=1S/C12H17N3O3/c1-6(2)10(11(13)16)15-9-5-8(12(17)18)4-7(3)14-9/h4-6,10H,1-3H3,(H2,13,16)(H,14,15)(H,17,18). The van der Waals surface area contributed by atoms with Gasteiger partial charge in [-0.2, -0.15) is 0 Å². The van der Waals surface area contributed by atoms with Crippen LogP contribution in [0.2, 0.25) is 0 Å². The van der Waals surface area contributed by atoms with Crippen LogP contribution < -0.4 is 11.1 Å². The number of carbonyl (C=O) groups is 2. The summed E-state index contributed by atoms with van der Waals surface area (Å²) >= 11 is 0. The summed E-state index contributed by atoms with van der Waals surface area (Å²) in [5.41, 5.74) is 5.96. The minimum absolute atomic E-state index is 0.0157. The summed E-state index contributed by atoms with van der Waals surface area (Å²) in [7, 11) is 0. The molecule has 1 aromatic heterocycles. The minimum Gasteiger partial charge on any atom is -0.478 e. The van der Waals surface area contributed by atoms with E-state index in [1.165, 1.54) is 12.1 Å². The molecule has 0 bridgehead atoms. The number of primary amides is 1. The first kappa shape index (κ1) is 14.0. The van der Waals surface area contributed by atoms with Gasteiger partial charge in [0.15, 0.2) is 0 Å². The van der Waals surface area contributed by atoms with E-state index >= 15 is 0 Å². The Hall–Kier alpha value is -2.11. The number of carbonyl (C=O) groups excluding carboxylic acids is 1. The molecule has 6 heteroatoms. The number of aryl methyl sites for hydroxylation is 1. The quantitative estimate of drug-likeness (QED) is 0.724. The van der Waals surface area contributed by atoms with Gasteiger partial charge < -0.3 is 16.2 Å². The third kappa shape index (κ3) is 3.44. The maximum atomic E-state index is 11.3. The van der Waals surface area contributed by atoms with Gasteiger partial charge in [-0.25, -0.2) is 9.78 Å². The van der Waals surface area contributed by atoms with Crippen LogP contribution in [-0.2, 0) is 4.79 Å². The fourth-order valence-corrected chi connectivity index (χ4v) is 1.59. The Labute approximate surface area is 105 Å². The first-order chi connectivity index (χ1) is 8.31. The number of nitrogens with one attached hydrogen (secondary N) is 1. The van der Waals surface area contributed by atoms with Gasteiger partial charge in [0.05, 0.1) is 5.56 Å². The van der Waals surface area contributed by atoms with E-state index in [9.17, 15) is 9.59 Å². The molecule has 0 saturated heterocycles. The predicted octanol–water partition coefficient (Wildman–Crippen LogP) is 1.01. The van der Waals surface area contributed by atoms with Gasteiger partial charge >= 0.3 is 5.97 Å². The van der Waals surface area contributed by atoms with Crippen LogP contribution in [0.4, 0.5) is 5.82 Å². The Bertz CT molecular complexity index is 472. The number of aromatic carboxylic acids is 1. The molecule has 1 atom stereocenters. The monoisotopic (exact) mass is 251 g/mol. The molecule has 0 aliphatic carbocycles. The number of nitrogens with two attached hydrogens (primary N) is 1. The largest absolute Gasteiger partial charge is 0.478 e. The topological polar surface area (TPSA) is 105 Å². The van der Waals surface area contributed by atoms with Crippen molar-refractivity contribution < 1.29 is 14.7 Å². The van der Waals surface area contributed by atoms with Crippen LogP contribution in [0, 0.1) is 12.8 Å². The van der Waals surface area contributed by atoms with E-state index in [4.69, 9.17) is 10.8 Å². The van der Waals surface area contributed by atoms with Crippen molar-refractivity contribution >= 4 is 17.7 Å². The third-order valence-corrected chi connectivity index (χ3v) is 2.48. The summed E-state index contributed by atoms with van der Waals surface area (Å²) in [6.45, 7) is 5.37. The molecule has 0 radical (unpaired) electrons. The highest BCUT2D eigenvalue weighted by atomic mass is 16.4. The van der Waals surface area contributed by atoms with Gasteiger partial charge in [0.1, 0.15) is 11.9 Å². The van der Waals surface area contributed by atoms with E-state index in [0.29, 0.717) is 11.5 Å². The molecular weight excluding hydrogens is 234 g/mol. The lowest BCUT2D eigenvalue weighted by Crippen LogP contribution is -2.39. The number of amides is 1. The molecule has 0 aliphatic rings. The number of rotatable bonds is 5. The lowest BCUT2D eigenvalue weighted by Gasteiger charge is -2.19. The van der Waals surface area contributed by atoms with Crippen LogP contribution in [-0.4, -0.2) is 28.0 Å². The zero-order valence-corrected chi connectivity index (χ0v) is 10.6. The molecular formula is C12H17N3O3. The smallest absolute Gasteiger partial charge is 0.335 e. The number of anilines is 1. The first-order valence-electron chi connectivity index (χ1n) is 5.59. The van der Waals surface area contributed by atoms with Gasteiger partial charge in [-0.15, -0.1) is 0 Å². The highest BCUT2D eigenvalue weighted by Crippen LogP contribution is 2.14. The molecule has 0 aliphatic heterocycles. The van der Waals surface area contributed by atoms with Crippen molar-refractivity contribution in [1.29, 1.82) is 0 Å². The second kappa shape index (κ2) is 5.48. The fraction of sp³-hybridized carbons (Fsp3) is 0.417. The SMILES string of the molecule is Cc1cc(C(=O)O)cc(NC(C(N)=O)C(C)C)n1. The Morgan fingerprint density at radius 1 is 1.39 bits per heavy atom. The number of hydrogen-bond donors (Lipinski definition) is 3. The molecule has 18 heavy (non-hydrogen) atoms. The Morgan fingerprint density at radius 2 is 2.00 bits per heavy atom. The van der Waals surface area contributed by atoms with E-state index in [1.807, 2.05) is 13.8 Å². The molecule has 0 saturated carbocycles. The molecule has 0 spiro atoms. The van der Waals surface area contributed by atoms with E-state index in [-0.39, 0.29) is 11.5 Å². The van der Waals surface area contributed by atoms with Crippen molar-refractivity contribution in [3.8, 4) is 0 Å². The molecule has 6 nitrogen and oxygen atoms in total. The van der Waals surface area contributed by atoms with Crippen molar-refractivity contribution in [2.75, 3.05) is 5.32 Å². The van der Waals surface area contributed by atoms with Crippen LogP contribution >= 0.6 is 0 Å². The second-order valence-corrected chi connectivity index (χ2v) is 4.46. The summed E-state index contributed by atoms with van der Waals surface area (Å²) < 4.78 is 0. The average molecular weight is 251 g/mol. The van der Waals surface area contributed by atoms with E-state index in [0.717, 1.165) is 0 Å². The molecule has 4 N–H and O–H groups in total. The van der Waals surface area contributed by atoms with Gasteiger partial charge in [0.2, 0.25) is 5.91 Å². The lowest BCUT2D eigenvalue weighted by atomic mass is 10.0. The number of carboxylic acid groups (broad SMARTS) is 1. The molecule has 0 fully saturated rings. The van der Waals surface area contributed by atoms with Gasteiger partial charge in [-0.3, -0.25) is 4.79 Å². The zero-order chi connectivity index (χ0) is 13.9. The number of nitrogens with zero attached hydrogens (tertiary/aromatic N) is 1. The third-order valence-electron chi connectivity index (χ3n) is 2.48. The van der Waals surface area contributed by atoms with Crippen molar-refractivity contribution in [3.63, 3.8) is 0 Å². The molecule has 1 unspecified atom stereocenters. The number of aromatic nitrogens is 1. The van der Waals surface area contributed by atoms with Gasteiger partial charge in [0, 0.05) is 5.69 Å². The Morgan fingerprint density at radius 3 is 2.44 bits per heavy atom. The molecule has 1 rings (SSSR count). The maximum absolute atomic E-state index is 11.3. The van der Waals surface area contributed by atoms with Crippen LogP contribution in [0.1, 0.15) is 29.9 Å². The minimum atomic E-state index is -1.04. The summed E-state index contributed by atoms with van der Waals surface area (Å²) in [5.74, 6) is -1.21. The lowest BCUT2D eigenvalue weighted by molar-refractivity contribution is -0.119. The highest BCUT2D eigenvalue weighted by Gasteiger charge is 2.20. The van der Waals surface area contributed by atoms with E-state index < -0.39 is 17.9 Å². The Kier molecular flexibility index (Phi) is 4.25. The summed E-state index contributed by atoms with van der Waals surface area (Å²) in [6.07, 6.45) is 0. The number of carboxylic acids is 1. The molecule has 1 aromatic rings. The molecule has 98 valence electrons. The van der Waals surface area contributed by atoms with Crippen molar-refractivity contribution in [1.82, 2.24) is 4.98 Å². The maximum Gasteiger partial charge on any atom is 0.335 e. The molecule has 1 amide bonds. The molecule has 1 heterocycles. The van der Waals surface area contributed by atoms with Gasteiger partial charge in [-0.1, -0.05) is 13.8 Å². The number of pyridine rings is 1. The average Bonchev–Trinajstić information content (AvgIpc) is 2.24. The first-order valence-corrected chi connectivity index (χ1v) is 5.59. The Balaban J connectivity index is 3.03. The normalized spacial score (nSPS) is 12.2. The van der Waals surface area contributed by atoms with Crippen LogP contribution in [0.25, 0.3) is 0 Å². The summed E-state index contributed by atoms with van der Waals surface area (Å²) in [6, 6.07) is 2.26. The predicted molar refractivity (Wildman–Crippen MR) is 67.4 cm³/mol.